The molecule has 24 heavy (non-hydrogen) atoms. The van der Waals surface area contributed by atoms with Crippen LogP contribution in [0, 0.1) is 11.7 Å². The number of nitrogens with one attached hydrogen (secondary N) is 1. The van der Waals surface area contributed by atoms with Crippen LogP contribution in [0.2, 0.25) is 0 Å². The molecule has 1 unspecified atom stereocenters. The molecule has 0 bridgehead atoms. The zero-order valence-corrected chi connectivity index (χ0v) is 16.1. The Morgan fingerprint density at radius 1 is 1.50 bits per heavy atom. The minimum atomic E-state index is -0.146. The molecule has 1 heterocycles. The summed E-state index contributed by atoms with van der Waals surface area (Å²) in [4.78, 5) is 6.65. The van der Waals surface area contributed by atoms with Crippen molar-refractivity contribution in [1.82, 2.24) is 10.2 Å². The number of benzene rings is 1. The molecule has 1 aromatic rings. The first-order valence-electron chi connectivity index (χ1n) is 8.61. The van der Waals surface area contributed by atoms with E-state index in [9.17, 15) is 4.39 Å². The monoisotopic (exact) mass is 399 g/mol. The first-order chi connectivity index (χ1) is 11.6. The summed E-state index contributed by atoms with van der Waals surface area (Å²) in [6.07, 6.45) is 2.73. The lowest BCUT2D eigenvalue weighted by Gasteiger charge is -2.21. The van der Waals surface area contributed by atoms with E-state index < -0.39 is 0 Å². The highest BCUT2D eigenvalue weighted by Gasteiger charge is 2.24. The second kappa shape index (κ2) is 9.99. The number of halogens is 2. The van der Waals surface area contributed by atoms with Crippen molar-refractivity contribution in [3.8, 4) is 0 Å². The van der Waals surface area contributed by atoms with Crippen LogP contribution in [0.3, 0.4) is 0 Å². The highest BCUT2D eigenvalue weighted by atomic mass is 79.9. The molecule has 0 aromatic heterocycles. The first kappa shape index (κ1) is 19.2. The van der Waals surface area contributed by atoms with Crippen LogP contribution in [0.1, 0.15) is 25.3 Å². The van der Waals surface area contributed by atoms with E-state index in [1.54, 1.807) is 0 Å². The van der Waals surface area contributed by atoms with Gasteiger partial charge in [0.25, 0.3) is 0 Å². The van der Waals surface area contributed by atoms with Gasteiger partial charge in [-0.3, -0.25) is 4.99 Å². The van der Waals surface area contributed by atoms with Gasteiger partial charge in [0.2, 0.25) is 0 Å². The number of hydrogen-bond acceptors (Lipinski definition) is 2. The molecule has 1 saturated heterocycles. The molecule has 0 amide bonds. The molecule has 4 nitrogen and oxygen atoms in total. The molecule has 134 valence electrons. The SMILES string of the molecule is CCOCC1CCN(C(=NC)NCCCc2ccc(Br)cc2F)C1. The zero-order valence-electron chi connectivity index (χ0n) is 14.5. The van der Waals surface area contributed by atoms with E-state index >= 15 is 0 Å². The predicted octanol–water partition coefficient (Wildman–Crippen LogP) is 3.45. The van der Waals surface area contributed by atoms with Crippen molar-refractivity contribution in [3.63, 3.8) is 0 Å². The summed E-state index contributed by atoms with van der Waals surface area (Å²) in [6, 6.07) is 5.24. The molecule has 1 aliphatic rings. The number of nitrogens with zero attached hydrogens (tertiary/aromatic N) is 2. The highest BCUT2D eigenvalue weighted by Crippen LogP contribution is 2.17. The molecule has 1 aliphatic heterocycles. The third kappa shape index (κ3) is 5.74. The smallest absolute Gasteiger partial charge is 0.193 e. The van der Waals surface area contributed by atoms with Gasteiger partial charge in [-0.15, -0.1) is 0 Å². The molecule has 1 atom stereocenters. The van der Waals surface area contributed by atoms with Gasteiger partial charge in [-0.25, -0.2) is 4.39 Å². The maximum absolute atomic E-state index is 13.8. The fraction of sp³-hybridized carbons (Fsp3) is 0.611. The van der Waals surface area contributed by atoms with E-state index in [1.807, 2.05) is 26.1 Å². The van der Waals surface area contributed by atoms with E-state index in [0.29, 0.717) is 5.92 Å². The molecule has 1 aromatic carbocycles. The Morgan fingerprint density at radius 3 is 3.04 bits per heavy atom. The second-order valence-electron chi connectivity index (χ2n) is 6.07. The van der Waals surface area contributed by atoms with Crippen LogP contribution in [0.4, 0.5) is 4.39 Å². The maximum Gasteiger partial charge on any atom is 0.193 e. The van der Waals surface area contributed by atoms with Crippen molar-refractivity contribution in [2.24, 2.45) is 10.9 Å². The van der Waals surface area contributed by atoms with Crippen LogP contribution in [-0.2, 0) is 11.2 Å². The minimum absolute atomic E-state index is 0.146. The molecule has 0 saturated carbocycles. The summed E-state index contributed by atoms with van der Waals surface area (Å²) in [5.74, 6) is 1.37. The lowest BCUT2D eigenvalue weighted by molar-refractivity contribution is 0.114. The van der Waals surface area contributed by atoms with Gasteiger partial charge in [0.15, 0.2) is 5.96 Å². The van der Waals surface area contributed by atoms with Gasteiger partial charge in [0.1, 0.15) is 5.82 Å². The molecule has 0 spiro atoms. The lowest BCUT2D eigenvalue weighted by Crippen LogP contribution is -2.40. The topological polar surface area (TPSA) is 36.9 Å². The first-order valence-corrected chi connectivity index (χ1v) is 9.40. The fourth-order valence-electron chi connectivity index (χ4n) is 2.98. The Balaban J connectivity index is 1.72. The Labute approximate surface area is 152 Å². The average molecular weight is 400 g/mol. The minimum Gasteiger partial charge on any atom is -0.381 e. The van der Waals surface area contributed by atoms with E-state index in [2.05, 4.69) is 31.1 Å². The number of rotatable bonds is 7. The summed E-state index contributed by atoms with van der Waals surface area (Å²) in [5.41, 5.74) is 0.757. The fourth-order valence-corrected chi connectivity index (χ4v) is 3.31. The normalized spacial score (nSPS) is 18.2. The molecular formula is C18H27BrFN3O. The molecule has 0 aliphatic carbocycles. The van der Waals surface area contributed by atoms with E-state index in [0.717, 1.165) is 68.1 Å². The number of aliphatic imine (C=N–C) groups is 1. The molecular weight excluding hydrogens is 373 g/mol. The largest absolute Gasteiger partial charge is 0.381 e. The van der Waals surface area contributed by atoms with Crippen molar-refractivity contribution in [2.45, 2.75) is 26.2 Å². The molecule has 2 rings (SSSR count). The molecule has 1 fully saturated rings. The van der Waals surface area contributed by atoms with Crippen molar-refractivity contribution < 1.29 is 9.13 Å². The second-order valence-corrected chi connectivity index (χ2v) is 6.99. The predicted molar refractivity (Wildman–Crippen MR) is 100.0 cm³/mol. The molecule has 1 N–H and O–H groups in total. The van der Waals surface area contributed by atoms with Crippen LogP contribution in [0.15, 0.2) is 27.7 Å². The van der Waals surface area contributed by atoms with E-state index in [1.165, 1.54) is 6.07 Å². The van der Waals surface area contributed by atoms with E-state index in [-0.39, 0.29) is 5.82 Å². The summed E-state index contributed by atoms with van der Waals surface area (Å²) in [7, 11) is 1.81. The van der Waals surface area contributed by atoms with Crippen molar-refractivity contribution in [3.05, 3.63) is 34.1 Å². The highest BCUT2D eigenvalue weighted by molar-refractivity contribution is 9.10. The van der Waals surface area contributed by atoms with Gasteiger partial charge in [-0.2, -0.15) is 0 Å². The number of hydrogen-bond donors (Lipinski definition) is 1. The summed E-state index contributed by atoms with van der Waals surface area (Å²) in [5, 5.41) is 3.39. The van der Waals surface area contributed by atoms with Gasteiger partial charge in [0, 0.05) is 43.7 Å². The number of ether oxygens (including phenoxy) is 1. The van der Waals surface area contributed by atoms with Gasteiger partial charge < -0.3 is 15.0 Å². The maximum atomic E-state index is 13.8. The average Bonchev–Trinajstić information content (AvgIpc) is 3.03. The quantitative estimate of drug-likeness (QED) is 0.433. The van der Waals surface area contributed by atoms with Crippen LogP contribution < -0.4 is 5.32 Å². The summed E-state index contributed by atoms with van der Waals surface area (Å²) < 4.78 is 20.1. The Bertz CT molecular complexity index is 553. The Morgan fingerprint density at radius 2 is 2.33 bits per heavy atom. The third-order valence-corrected chi connectivity index (χ3v) is 4.77. The van der Waals surface area contributed by atoms with Gasteiger partial charge in [-0.1, -0.05) is 22.0 Å². The zero-order chi connectivity index (χ0) is 17.4. The summed E-state index contributed by atoms with van der Waals surface area (Å²) >= 11 is 3.28. The van der Waals surface area contributed by atoms with Gasteiger partial charge in [0.05, 0.1) is 6.61 Å². The van der Waals surface area contributed by atoms with Crippen molar-refractivity contribution >= 4 is 21.9 Å². The molecule has 6 heteroatoms. The number of guanidine groups is 1. The van der Waals surface area contributed by atoms with Crippen LogP contribution in [0.25, 0.3) is 0 Å². The van der Waals surface area contributed by atoms with Crippen LogP contribution in [-0.4, -0.2) is 50.8 Å². The Kier molecular flexibility index (Phi) is 7.99. The molecule has 0 radical (unpaired) electrons. The van der Waals surface area contributed by atoms with Crippen molar-refractivity contribution in [2.75, 3.05) is 39.9 Å². The van der Waals surface area contributed by atoms with Crippen molar-refractivity contribution in [1.29, 1.82) is 0 Å². The van der Waals surface area contributed by atoms with Gasteiger partial charge >= 0.3 is 0 Å². The standard InChI is InChI=1S/C18H27BrFN3O/c1-3-24-13-14-8-10-23(12-14)18(21-2)22-9-4-5-15-6-7-16(19)11-17(15)20/h6-7,11,14H,3-5,8-10,12-13H2,1-2H3,(H,21,22). The van der Waals surface area contributed by atoms with Crippen LogP contribution in [0.5, 0.6) is 0 Å². The number of aryl methyl sites for hydroxylation is 1. The Hall–Kier alpha value is -1.14. The third-order valence-electron chi connectivity index (χ3n) is 4.28. The number of likely N-dealkylation sites (tertiary alicyclic amines) is 1. The summed E-state index contributed by atoms with van der Waals surface area (Å²) in [6.45, 7) is 6.42. The lowest BCUT2D eigenvalue weighted by atomic mass is 10.1. The van der Waals surface area contributed by atoms with Gasteiger partial charge in [-0.05, 0) is 43.9 Å². The van der Waals surface area contributed by atoms with E-state index in [4.69, 9.17) is 4.74 Å². The van der Waals surface area contributed by atoms with Crippen LogP contribution >= 0.6 is 15.9 Å².